The third kappa shape index (κ3) is 5.91. The molecule has 1 heterocycles. The molecule has 0 spiro atoms. The molecule has 0 bridgehead atoms. The lowest BCUT2D eigenvalue weighted by molar-refractivity contribution is -0.113. The maximum Gasteiger partial charge on any atom is 0.234 e. The first kappa shape index (κ1) is 24.1. The molecule has 0 atom stereocenters. The van der Waals surface area contributed by atoms with Gasteiger partial charge in [-0.15, -0.1) is 0 Å². The number of benzene rings is 3. The van der Waals surface area contributed by atoms with Crippen molar-refractivity contribution >= 4 is 58.2 Å². The molecular formula is C26H16Cl3N3OS. The van der Waals surface area contributed by atoms with Crippen molar-refractivity contribution in [2.45, 2.75) is 5.03 Å². The van der Waals surface area contributed by atoms with E-state index in [0.29, 0.717) is 42.6 Å². The number of nitrogens with zero attached hydrogens (tertiary/aromatic N) is 2. The summed E-state index contributed by atoms with van der Waals surface area (Å²) >= 11 is 19.2. The van der Waals surface area contributed by atoms with Crippen molar-refractivity contribution in [2.75, 3.05) is 11.1 Å². The Labute approximate surface area is 216 Å². The highest BCUT2D eigenvalue weighted by atomic mass is 35.5. The number of carbonyl (C=O) groups excluding carboxylic acids is 1. The van der Waals surface area contributed by atoms with Gasteiger partial charge in [-0.2, -0.15) is 5.26 Å². The second-order valence-electron chi connectivity index (χ2n) is 7.20. The predicted octanol–water partition coefficient (Wildman–Crippen LogP) is 7.98. The molecule has 1 amide bonds. The van der Waals surface area contributed by atoms with Gasteiger partial charge in [0.15, 0.2) is 0 Å². The summed E-state index contributed by atoms with van der Waals surface area (Å²) in [5.74, 6) is -0.142. The highest BCUT2D eigenvalue weighted by molar-refractivity contribution is 8.00. The first-order valence-corrected chi connectivity index (χ1v) is 12.2. The zero-order valence-electron chi connectivity index (χ0n) is 17.6. The highest BCUT2D eigenvalue weighted by Crippen LogP contribution is 2.35. The summed E-state index contributed by atoms with van der Waals surface area (Å²) in [6.45, 7) is 0. The summed E-state index contributed by atoms with van der Waals surface area (Å²) in [6.07, 6.45) is 0. The Morgan fingerprint density at radius 2 is 1.38 bits per heavy atom. The van der Waals surface area contributed by atoms with Crippen LogP contribution in [0.5, 0.6) is 0 Å². The quantitative estimate of drug-likeness (QED) is 0.260. The number of pyridine rings is 1. The lowest BCUT2D eigenvalue weighted by Gasteiger charge is -2.13. The van der Waals surface area contributed by atoms with Crippen molar-refractivity contribution < 1.29 is 4.79 Å². The number of carbonyl (C=O) groups is 1. The normalized spacial score (nSPS) is 10.5. The molecule has 0 aliphatic rings. The minimum atomic E-state index is -0.219. The van der Waals surface area contributed by atoms with Gasteiger partial charge in [-0.05, 0) is 60.2 Å². The summed E-state index contributed by atoms with van der Waals surface area (Å²) in [6, 6.07) is 25.5. The zero-order valence-corrected chi connectivity index (χ0v) is 20.6. The maximum absolute atomic E-state index is 12.6. The van der Waals surface area contributed by atoms with Crippen LogP contribution in [0.15, 0.2) is 83.9 Å². The Hall–Kier alpha value is -3.01. The van der Waals surface area contributed by atoms with Crippen molar-refractivity contribution in [3.63, 3.8) is 0 Å². The number of rotatable bonds is 6. The van der Waals surface area contributed by atoms with Crippen LogP contribution < -0.4 is 5.32 Å². The molecule has 4 nitrogen and oxygen atoms in total. The lowest BCUT2D eigenvalue weighted by Crippen LogP contribution is -2.14. The number of hydrogen-bond donors (Lipinski definition) is 1. The fourth-order valence-electron chi connectivity index (χ4n) is 3.22. The molecule has 0 fully saturated rings. The second kappa shape index (κ2) is 10.9. The number of thioether (sulfide) groups is 1. The average molecular weight is 525 g/mol. The van der Waals surface area contributed by atoms with E-state index in [-0.39, 0.29) is 11.7 Å². The van der Waals surface area contributed by atoms with Crippen LogP contribution in [-0.2, 0) is 4.79 Å². The van der Waals surface area contributed by atoms with E-state index >= 15 is 0 Å². The second-order valence-corrected chi connectivity index (χ2v) is 9.48. The number of nitriles is 1. The standard InChI is InChI=1S/C26H16Cl3N3OS/c27-18-5-1-16(2-6-18)22-13-24(17-3-7-19(28)8-4-17)32-26(23(22)14-30)34-15-25(33)31-21-11-9-20(29)10-12-21/h1-13H,15H2,(H,31,33). The van der Waals surface area contributed by atoms with Crippen molar-refractivity contribution in [2.24, 2.45) is 0 Å². The van der Waals surface area contributed by atoms with E-state index in [0.717, 1.165) is 11.1 Å². The molecule has 34 heavy (non-hydrogen) atoms. The third-order valence-electron chi connectivity index (χ3n) is 4.86. The number of aromatic nitrogens is 1. The Balaban J connectivity index is 1.68. The van der Waals surface area contributed by atoms with Gasteiger partial charge >= 0.3 is 0 Å². The smallest absolute Gasteiger partial charge is 0.234 e. The van der Waals surface area contributed by atoms with Crippen LogP contribution in [0, 0.1) is 11.3 Å². The van der Waals surface area contributed by atoms with Crippen molar-refractivity contribution in [1.29, 1.82) is 5.26 Å². The summed E-state index contributed by atoms with van der Waals surface area (Å²) in [5, 5.41) is 15.1. The molecule has 4 aromatic rings. The first-order valence-electron chi connectivity index (χ1n) is 10.1. The fourth-order valence-corrected chi connectivity index (χ4v) is 4.40. The Bertz CT molecular complexity index is 1370. The van der Waals surface area contributed by atoms with Crippen LogP contribution in [0.25, 0.3) is 22.4 Å². The molecule has 0 radical (unpaired) electrons. The highest BCUT2D eigenvalue weighted by Gasteiger charge is 2.17. The average Bonchev–Trinajstić information content (AvgIpc) is 2.84. The molecule has 8 heteroatoms. The topological polar surface area (TPSA) is 65.8 Å². The Morgan fingerprint density at radius 3 is 1.94 bits per heavy atom. The number of anilines is 1. The van der Waals surface area contributed by atoms with Gasteiger partial charge in [0.1, 0.15) is 11.1 Å². The van der Waals surface area contributed by atoms with Crippen molar-refractivity contribution in [1.82, 2.24) is 4.98 Å². The fraction of sp³-hybridized carbons (Fsp3) is 0.0385. The number of halogens is 3. The van der Waals surface area contributed by atoms with Gasteiger partial charge in [-0.1, -0.05) is 70.8 Å². The minimum Gasteiger partial charge on any atom is -0.325 e. The molecule has 3 aromatic carbocycles. The van der Waals surface area contributed by atoms with Crippen molar-refractivity contribution in [3.8, 4) is 28.5 Å². The molecular weight excluding hydrogens is 509 g/mol. The van der Waals surface area contributed by atoms with Crippen LogP contribution in [0.3, 0.4) is 0 Å². The van der Waals surface area contributed by atoms with E-state index < -0.39 is 0 Å². The molecule has 4 rings (SSSR count). The van der Waals surface area contributed by atoms with Crippen LogP contribution in [0.1, 0.15) is 5.56 Å². The first-order chi connectivity index (χ1) is 16.4. The summed E-state index contributed by atoms with van der Waals surface area (Å²) in [4.78, 5) is 17.3. The SMILES string of the molecule is N#Cc1c(-c2ccc(Cl)cc2)cc(-c2ccc(Cl)cc2)nc1SCC(=O)Nc1ccc(Cl)cc1. The van der Waals surface area contributed by atoms with Gasteiger partial charge < -0.3 is 5.32 Å². The summed E-state index contributed by atoms with van der Waals surface area (Å²) in [7, 11) is 0. The number of hydrogen-bond acceptors (Lipinski definition) is 4. The molecule has 0 aliphatic heterocycles. The van der Waals surface area contributed by atoms with Crippen molar-refractivity contribution in [3.05, 3.63) is 99.5 Å². The van der Waals surface area contributed by atoms with Crippen LogP contribution >= 0.6 is 46.6 Å². The number of nitrogens with one attached hydrogen (secondary N) is 1. The molecule has 0 saturated heterocycles. The van der Waals surface area contributed by atoms with E-state index in [1.807, 2.05) is 30.3 Å². The van der Waals surface area contributed by atoms with Crippen LogP contribution in [0.4, 0.5) is 5.69 Å². The zero-order chi connectivity index (χ0) is 24.1. The Morgan fingerprint density at radius 1 is 0.853 bits per heavy atom. The van der Waals surface area contributed by atoms with Gasteiger partial charge in [0.05, 0.1) is 17.0 Å². The minimum absolute atomic E-state index is 0.0778. The predicted molar refractivity (Wildman–Crippen MR) is 141 cm³/mol. The van der Waals surface area contributed by atoms with E-state index in [1.54, 1.807) is 48.5 Å². The van der Waals surface area contributed by atoms with Crippen LogP contribution in [-0.4, -0.2) is 16.6 Å². The Kier molecular flexibility index (Phi) is 7.77. The largest absolute Gasteiger partial charge is 0.325 e. The number of amides is 1. The van der Waals surface area contributed by atoms with E-state index in [2.05, 4.69) is 11.4 Å². The summed E-state index contributed by atoms with van der Waals surface area (Å²) in [5.41, 5.74) is 4.08. The van der Waals surface area contributed by atoms with E-state index in [9.17, 15) is 10.1 Å². The van der Waals surface area contributed by atoms with E-state index in [1.165, 1.54) is 11.8 Å². The molecule has 1 N–H and O–H groups in total. The summed E-state index contributed by atoms with van der Waals surface area (Å²) < 4.78 is 0. The molecule has 168 valence electrons. The molecule has 0 aliphatic carbocycles. The monoisotopic (exact) mass is 523 g/mol. The lowest BCUT2D eigenvalue weighted by atomic mass is 9.99. The molecule has 0 saturated carbocycles. The maximum atomic E-state index is 12.6. The molecule has 0 unspecified atom stereocenters. The van der Waals surface area contributed by atoms with Gasteiger partial charge in [0.25, 0.3) is 0 Å². The third-order valence-corrected chi connectivity index (χ3v) is 6.59. The van der Waals surface area contributed by atoms with Gasteiger partial charge in [0, 0.05) is 31.9 Å². The van der Waals surface area contributed by atoms with E-state index in [4.69, 9.17) is 39.8 Å². The van der Waals surface area contributed by atoms with Gasteiger partial charge in [-0.3, -0.25) is 4.79 Å². The van der Waals surface area contributed by atoms with Gasteiger partial charge in [0.2, 0.25) is 5.91 Å². The molecule has 1 aromatic heterocycles. The van der Waals surface area contributed by atoms with Crippen LogP contribution in [0.2, 0.25) is 15.1 Å². The van der Waals surface area contributed by atoms with Gasteiger partial charge in [-0.25, -0.2) is 4.98 Å².